The molecule has 1 aromatic heterocycles. The number of nitrogens with one attached hydrogen (secondary N) is 1. The van der Waals surface area contributed by atoms with E-state index in [1.54, 1.807) is 0 Å². The monoisotopic (exact) mass is 368 g/mol. The Morgan fingerprint density at radius 3 is 3.00 bits per heavy atom. The molecule has 4 rings (SSSR count). The first-order valence-electron chi connectivity index (χ1n) is 9.66. The Hall–Kier alpha value is -2.70. The third-order valence-electron chi connectivity index (χ3n) is 5.27. The third kappa shape index (κ3) is 4.18. The van der Waals surface area contributed by atoms with E-state index in [1.807, 2.05) is 29.2 Å². The highest BCUT2D eigenvalue weighted by atomic mass is 16.5. The van der Waals surface area contributed by atoms with Crippen molar-refractivity contribution in [3.8, 4) is 11.4 Å². The molecule has 1 atom stereocenters. The molecule has 0 radical (unpaired) electrons. The van der Waals surface area contributed by atoms with Crippen molar-refractivity contribution < 1.29 is 14.1 Å². The minimum absolute atomic E-state index is 0.0736. The van der Waals surface area contributed by atoms with Gasteiger partial charge in [-0.1, -0.05) is 29.8 Å². The highest BCUT2D eigenvalue weighted by Gasteiger charge is 2.24. The molecule has 0 aliphatic carbocycles. The lowest BCUT2D eigenvalue weighted by atomic mass is 9.99. The van der Waals surface area contributed by atoms with Gasteiger partial charge in [-0.15, -0.1) is 0 Å². The van der Waals surface area contributed by atoms with Gasteiger partial charge in [-0.25, -0.2) is 0 Å². The molecule has 0 spiro atoms. The number of likely N-dealkylation sites (tertiary alicyclic amines) is 1. The zero-order valence-corrected chi connectivity index (χ0v) is 15.3. The number of hydrogen-bond acceptors (Lipinski definition) is 5. The highest BCUT2D eigenvalue weighted by molar-refractivity contribution is 5.79. The van der Waals surface area contributed by atoms with Crippen LogP contribution in [0.3, 0.4) is 0 Å². The van der Waals surface area contributed by atoms with Gasteiger partial charge in [-0.05, 0) is 30.9 Å². The van der Waals surface area contributed by atoms with Crippen LogP contribution < -0.4 is 5.32 Å². The summed E-state index contributed by atoms with van der Waals surface area (Å²) in [5, 5.41) is 7.03. The zero-order chi connectivity index (χ0) is 18.6. The van der Waals surface area contributed by atoms with Crippen LogP contribution in [0.4, 0.5) is 0 Å². The van der Waals surface area contributed by atoms with Crippen molar-refractivity contribution in [2.24, 2.45) is 5.92 Å². The smallest absolute Gasteiger partial charge is 0.227 e. The number of carbonyl (C=O) groups excluding carboxylic acids is 2. The van der Waals surface area contributed by atoms with Gasteiger partial charge in [0.2, 0.25) is 23.5 Å². The SMILES string of the molecule is O=C1NCCCCC1Cc1nc(-c2cccc(CN3CCCC3=O)c2)no1. The number of hydrogen-bond donors (Lipinski definition) is 1. The second-order valence-electron chi connectivity index (χ2n) is 7.32. The minimum Gasteiger partial charge on any atom is -0.356 e. The molecule has 2 amide bonds. The average Bonchev–Trinajstić information content (AvgIpc) is 3.24. The fourth-order valence-electron chi connectivity index (χ4n) is 3.76. The summed E-state index contributed by atoms with van der Waals surface area (Å²) in [6.45, 7) is 2.18. The van der Waals surface area contributed by atoms with Gasteiger partial charge >= 0.3 is 0 Å². The molecule has 1 N–H and O–H groups in total. The maximum atomic E-state index is 12.1. The average molecular weight is 368 g/mol. The summed E-state index contributed by atoms with van der Waals surface area (Å²) in [5.41, 5.74) is 1.91. The van der Waals surface area contributed by atoms with E-state index in [2.05, 4.69) is 15.5 Å². The molecule has 1 aromatic carbocycles. The van der Waals surface area contributed by atoms with Crippen LogP contribution in [0.15, 0.2) is 28.8 Å². The van der Waals surface area contributed by atoms with Gasteiger partial charge in [-0.3, -0.25) is 9.59 Å². The first-order chi connectivity index (χ1) is 13.2. The molecule has 142 valence electrons. The quantitative estimate of drug-likeness (QED) is 0.875. The molecule has 2 aromatic rings. The van der Waals surface area contributed by atoms with Gasteiger partial charge in [0.05, 0.1) is 0 Å². The van der Waals surface area contributed by atoms with E-state index in [-0.39, 0.29) is 17.7 Å². The molecular weight excluding hydrogens is 344 g/mol. The van der Waals surface area contributed by atoms with Crippen LogP contribution in [0.25, 0.3) is 11.4 Å². The second kappa shape index (κ2) is 7.90. The molecule has 1 unspecified atom stereocenters. The van der Waals surface area contributed by atoms with Gasteiger partial charge in [0.1, 0.15) is 0 Å². The molecular formula is C20H24N4O3. The van der Waals surface area contributed by atoms with Crippen molar-refractivity contribution in [2.75, 3.05) is 13.1 Å². The molecule has 7 nitrogen and oxygen atoms in total. The topological polar surface area (TPSA) is 88.3 Å². The Labute approximate surface area is 158 Å². The molecule has 27 heavy (non-hydrogen) atoms. The van der Waals surface area contributed by atoms with Crippen molar-refractivity contribution >= 4 is 11.8 Å². The number of rotatable bonds is 5. The van der Waals surface area contributed by atoms with E-state index >= 15 is 0 Å². The van der Waals surface area contributed by atoms with Crippen LogP contribution in [-0.2, 0) is 22.6 Å². The molecule has 0 saturated carbocycles. The van der Waals surface area contributed by atoms with Crippen molar-refractivity contribution in [3.05, 3.63) is 35.7 Å². The largest absolute Gasteiger partial charge is 0.356 e. The van der Waals surface area contributed by atoms with Crippen LogP contribution in [0.1, 0.15) is 43.6 Å². The lowest BCUT2D eigenvalue weighted by molar-refractivity contribution is -0.128. The first-order valence-corrected chi connectivity index (χ1v) is 9.66. The van der Waals surface area contributed by atoms with E-state index in [1.165, 1.54) is 0 Å². The Morgan fingerprint density at radius 1 is 1.22 bits per heavy atom. The van der Waals surface area contributed by atoms with Gasteiger partial charge in [0, 0.05) is 44.0 Å². The minimum atomic E-state index is -0.103. The number of amides is 2. The van der Waals surface area contributed by atoms with E-state index in [0.29, 0.717) is 31.1 Å². The number of nitrogens with zero attached hydrogens (tertiary/aromatic N) is 3. The third-order valence-corrected chi connectivity index (χ3v) is 5.27. The summed E-state index contributed by atoms with van der Waals surface area (Å²) < 4.78 is 5.40. The van der Waals surface area contributed by atoms with Crippen LogP contribution in [0, 0.1) is 5.92 Å². The molecule has 2 aliphatic heterocycles. The standard InChI is InChI=1S/C20H24N4O3/c25-18-8-4-10-24(18)13-14-5-3-7-15(11-14)19-22-17(27-23-19)12-16-6-1-2-9-21-20(16)26/h3,5,7,11,16H,1-2,4,6,8-10,12-13H2,(H,21,26). The van der Waals surface area contributed by atoms with E-state index in [0.717, 1.165) is 49.9 Å². The van der Waals surface area contributed by atoms with Gasteiger partial charge in [0.15, 0.2) is 0 Å². The van der Waals surface area contributed by atoms with Crippen LogP contribution in [0.5, 0.6) is 0 Å². The van der Waals surface area contributed by atoms with Crippen molar-refractivity contribution in [3.63, 3.8) is 0 Å². The van der Waals surface area contributed by atoms with Gasteiger partial charge in [-0.2, -0.15) is 4.98 Å². The number of carbonyl (C=O) groups is 2. The molecule has 2 fully saturated rings. The van der Waals surface area contributed by atoms with Gasteiger partial charge in [0.25, 0.3) is 0 Å². The number of aromatic nitrogens is 2. The normalized spacial score (nSPS) is 20.6. The molecule has 3 heterocycles. The molecule has 0 bridgehead atoms. The summed E-state index contributed by atoms with van der Waals surface area (Å²) in [4.78, 5) is 30.3. The summed E-state index contributed by atoms with van der Waals surface area (Å²) in [6.07, 6.45) is 4.94. The summed E-state index contributed by atoms with van der Waals surface area (Å²) in [5.74, 6) is 1.20. The predicted molar refractivity (Wildman–Crippen MR) is 98.4 cm³/mol. The first kappa shape index (κ1) is 17.7. The second-order valence-corrected chi connectivity index (χ2v) is 7.32. The van der Waals surface area contributed by atoms with Gasteiger partial charge < -0.3 is 14.7 Å². The fourth-order valence-corrected chi connectivity index (χ4v) is 3.76. The summed E-state index contributed by atoms with van der Waals surface area (Å²) in [7, 11) is 0. The van der Waals surface area contributed by atoms with E-state index in [9.17, 15) is 9.59 Å². The van der Waals surface area contributed by atoms with Crippen LogP contribution >= 0.6 is 0 Å². The Morgan fingerprint density at radius 2 is 2.15 bits per heavy atom. The Bertz CT molecular complexity index is 832. The van der Waals surface area contributed by atoms with Crippen molar-refractivity contribution in [1.82, 2.24) is 20.4 Å². The lowest BCUT2D eigenvalue weighted by Gasteiger charge is -2.15. The predicted octanol–water partition coefficient (Wildman–Crippen LogP) is 2.32. The summed E-state index contributed by atoms with van der Waals surface area (Å²) in [6, 6.07) is 7.88. The van der Waals surface area contributed by atoms with E-state index in [4.69, 9.17) is 4.52 Å². The van der Waals surface area contributed by atoms with Crippen LogP contribution in [-0.4, -0.2) is 39.9 Å². The zero-order valence-electron chi connectivity index (χ0n) is 15.3. The van der Waals surface area contributed by atoms with Crippen molar-refractivity contribution in [1.29, 1.82) is 0 Å². The maximum absolute atomic E-state index is 12.1. The maximum Gasteiger partial charge on any atom is 0.227 e. The molecule has 2 aliphatic rings. The number of benzene rings is 1. The molecule has 2 saturated heterocycles. The van der Waals surface area contributed by atoms with Crippen LogP contribution in [0.2, 0.25) is 0 Å². The van der Waals surface area contributed by atoms with E-state index < -0.39 is 0 Å². The van der Waals surface area contributed by atoms with Crippen molar-refractivity contribution in [2.45, 2.75) is 45.1 Å². The Balaban J connectivity index is 1.45. The Kier molecular flexibility index (Phi) is 5.18. The summed E-state index contributed by atoms with van der Waals surface area (Å²) >= 11 is 0. The fraction of sp³-hybridized carbons (Fsp3) is 0.500. The highest BCUT2D eigenvalue weighted by Crippen LogP contribution is 2.22. The lowest BCUT2D eigenvalue weighted by Crippen LogP contribution is -2.30. The molecule has 7 heteroatoms.